The number of nitrogens with one attached hydrogen (secondary N) is 1. The fraction of sp³-hybridized carbons (Fsp3) is 0.500. The molecule has 1 saturated heterocycles. The van der Waals surface area contributed by atoms with E-state index in [0.29, 0.717) is 42.0 Å². The summed E-state index contributed by atoms with van der Waals surface area (Å²) in [5, 5.41) is 3.80. The molecule has 2 amide bonds. The molecule has 0 aliphatic carbocycles. The van der Waals surface area contributed by atoms with Crippen LogP contribution >= 0.6 is 23.2 Å². The Morgan fingerprint density at radius 3 is 2.61 bits per heavy atom. The number of halogens is 2. The van der Waals surface area contributed by atoms with E-state index in [9.17, 15) is 9.59 Å². The molecule has 0 aromatic heterocycles. The second kappa shape index (κ2) is 8.52. The number of rotatable bonds is 5. The molecule has 1 aromatic rings. The van der Waals surface area contributed by atoms with E-state index >= 15 is 0 Å². The van der Waals surface area contributed by atoms with Crippen LogP contribution in [0.5, 0.6) is 0 Å². The summed E-state index contributed by atoms with van der Waals surface area (Å²) >= 11 is 12.0. The van der Waals surface area contributed by atoms with Crippen LogP contribution in [0.3, 0.4) is 0 Å². The van der Waals surface area contributed by atoms with E-state index in [1.807, 2.05) is 0 Å². The molecule has 1 fully saturated rings. The fourth-order valence-electron chi connectivity index (χ4n) is 2.54. The van der Waals surface area contributed by atoms with Gasteiger partial charge in [-0.1, -0.05) is 23.2 Å². The maximum absolute atomic E-state index is 12.1. The SMILES string of the molecule is CC(=O)N(CCNC(=O)C1CCOCC1)c1ccc(Cl)cc1Cl. The molecule has 126 valence electrons. The highest BCUT2D eigenvalue weighted by Gasteiger charge is 2.22. The predicted molar refractivity (Wildman–Crippen MR) is 91.0 cm³/mol. The van der Waals surface area contributed by atoms with Crippen LogP contribution in [0.1, 0.15) is 19.8 Å². The van der Waals surface area contributed by atoms with Crippen LogP contribution in [0.2, 0.25) is 10.0 Å². The quantitative estimate of drug-likeness (QED) is 0.880. The van der Waals surface area contributed by atoms with Crippen molar-refractivity contribution in [2.45, 2.75) is 19.8 Å². The molecule has 7 heteroatoms. The predicted octanol–water partition coefficient (Wildman–Crippen LogP) is 2.89. The second-order valence-corrected chi connectivity index (χ2v) is 6.29. The third-order valence-corrected chi connectivity index (χ3v) is 4.35. The van der Waals surface area contributed by atoms with Crippen molar-refractivity contribution in [3.8, 4) is 0 Å². The molecule has 0 bridgehead atoms. The number of benzene rings is 1. The Bertz CT molecular complexity index is 574. The Balaban J connectivity index is 1.92. The first-order chi connectivity index (χ1) is 11.0. The van der Waals surface area contributed by atoms with Crippen molar-refractivity contribution in [3.63, 3.8) is 0 Å². The lowest BCUT2D eigenvalue weighted by Crippen LogP contribution is -2.40. The largest absolute Gasteiger partial charge is 0.381 e. The molecular weight excluding hydrogens is 339 g/mol. The third kappa shape index (κ3) is 5.09. The molecule has 0 spiro atoms. The minimum absolute atomic E-state index is 0.00588. The van der Waals surface area contributed by atoms with E-state index in [-0.39, 0.29) is 17.7 Å². The fourth-order valence-corrected chi connectivity index (χ4v) is 3.05. The first-order valence-electron chi connectivity index (χ1n) is 7.57. The van der Waals surface area contributed by atoms with Crippen molar-refractivity contribution in [1.29, 1.82) is 0 Å². The minimum Gasteiger partial charge on any atom is -0.381 e. The van der Waals surface area contributed by atoms with Crippen LogP contribution < -0.4 is 10.2 Å². The zero-order valence-corrected chi connectivity index (χ0v) is 14.5. The van der Waals surface area contributed by atoms with Gasteiger partial charge in [-0.25, -0.2) is 0 Å². The van der Waals surface area contributed by atoms with E-state index in [4.69, 9.17) is 27.9 Å². The highest BCUT2D eigenvalue weighted by molar-refractivity contribution is 6.36. The Labute approximate surface area is 145 Å². The first kappa shape index (κ1) is 18.0. The summed E-state index contributed by atoms with van der Waals surface area (Å²) in [7, 11) is 0. The van der Waals surface area contributed by atoms with Gasteiger partial charge in [0, 0.05) is 44.2 Å². The summed E-state index contributed by atoms with van der Waals surface area (Å²) in [6.45, 7) is 3.43. The van der Waals surface area contributed by atoms with Crippen LogP contribution in [0.15, 0.2) is 18.2 Å². The Hall–Kier alpha value is -1.30. The second-order valence-electron chi connectivity index (χ2n) is 5.44. The lowest BCUT2D eigenvalue weighted by atomic mass is 9.99. The molecule has 1 aliphatic heterocycles. The van der Waals surface area contributed by atoms with Crippen LogP contribution in [0.4, 0.5) is 5.69 Å². The highest BCUT2D eigenvalue weighted by atomic mass is 35.5. The summed E-state index contributed by atoms with van der Waals surface area (Å²) in [5.74, 6) is -0.137. The number of ether oxygens (including phenoxy) is 1. The van der Waals surface area contributed by atoms with Crippen molar-refractivity contribution < 1.29 is 14.3 Å². The lowest BCUT2D eigenvalue weighted by molar-refractivity contribution is -0.127. The highest BCUT2D eigenvalue weighted by Crippen LogP contribution is 2.28. The Morgan fingerprint density at radius 2 is 2.00 bits per heavy atom. The zero-order valence-electron chi connectivity index (χ0n) is 13.0. The van der Waals surface area contributed by atoms with E-state index in [0.717, 1.165) is 12.8 Å². The number of hydrogen-bond acceptors (Lipinski definition) is 3. The molecule has 0 atom stereocenters. The van der Waals surface area contributed by atoms with Gasteiger partial charge < -0.3 is 15.0 Å². The number of amides is 2. The van der Waals surface area contributed by atoms with Gasteiger partial charge in [0.15, 0.2) is 0 Å². The molecule has 0 radical (unpaired) electrons. The average Bonchev–Trinajstić information content (AvgIpc) is 2.53. The van der Waals surface area contributed by atoms with Gasteiger partial charge in [-0.2, -0.15) is 0 Å². The van der Waals surface area contributed by atoms with Crippen molar-refractivity contribution in [1.82, 2.24) is 5.32 Å². The van der Waals surface area contributed by atoms with Crippen molar-refractivity contribution in [2.75, 3.05) is 31.2 Å². The molecule has 1 heterocycles. The molecule has 1 N–H and O–H groups in total. The number of nitrogens with zero attached hydrogens (tertiary/aromatic N) is 1. The smallest absolute Gasteiger partial charge is 0.223 e. The number of carbonyl (C=O) groups excluding carboxylic acids is 2. The summed E-state index contributed by atoms with van der Waals surface area (Å²) in [4.78, 5) is 25.5. The molecule has 1 aliphatic rings. The molecular formula is C16H20Cl2N2O3. The van der Waals surface area contributed by atoms with Gasteiger partial charge in [0.1, 0.15) is 0 Å². The number of carbonyl (C=O) groups is 2. The normalized spacial score (nSPS) is 15.3. The average molecular weight is 359 g/mol. The maximum Gasteiger partial charge on any atom is 0.223 e. The van der Waals surface area contributed by atoms with Gasteiger partial charge in [-0.05, 0) is 31.0 Å². The monoisotopic (exact) mass is 358 g/mol. The lowest BCUT2D eigenvalue weighted by Gasteiger charge is -2.24. The van der Waals surface area contributed by atoms with Gasteiger partial charge in [-0.15, -0.1) is 0 Å². The standard InChI is InChI=1S/C16H20Cl2N2O3/c1-11(21)20(15-3-2-13(17)10-14(15)18)7-6-19-16(22)12-4-8-23-9-5-12/h2-3,10,12H,4-9H2,1H3,(H,19,22). The van der Waals surface area contributed by atoms with Crippen LogP contribution in [0, 0.1) is 5.92 Å². The molecule has 23 heavy (non-hydrogen) atoms. The third-order valence-electron chi connectivity index (χ3n) is 3.81. The van der Waals surface area contributed by atoms with Crippen molar-refractivity contribution >= 4 is 40.7 Å². The first-order valence-corrected chi connectivity index (χ1v) is 8.33. The molecule has 1 aromatic carbocycles. The van der Waals surface area contributed by atoms with Gasteiger partial charge >= 0.3 is 0 Å². The Kier molecular flexibility index (Phi) is 6.69. The molecule has 0 saturated carbocycles. The summed E-state index contributed by atoms with van der Waals surface area (Å²) in [6, 6.07) is 4.97. The van der Waals surface area contributed by atoms with Gasteiger partial charge in [0.2, 0.25) is 11.8 Å². The van der Waals surface area contributed by atoms with E-state index in [2.05, 4.69) is 5.32 Å². The molecule has 5 nitrogen and oxygen atoms in total. The van der Waals surface area contributed by atoms with Gasteiger partial charge in [0.25, 0.3) is 0 Å². The number of hydrogen-bond donors (Lipinski definition) is 1. The molecule has 2 rings (SSSR count). The van der Waals surface area contributed by atoms with E-state index in [1.165, 1.54) is 11.8 Å². The minimum atomic E-state index is -0.144. The zero-order chi connectivity index (χ0) is 16.8. The van der Waals surface area contributed by atoms with Crippen molar-refractivity contribution in [3.05, 3.63) is 28.2 Å². The van der Waals surface area contributed by atoms with Crippen LogP contribution in [-0.4, -0.2) is 38.1 Å². The molecule has 0 unspecified atom stereocenters. The summed E-state index contributed by atoms with van der Waals surface area (Å²) in [5.41, 5.74) is 0.587. The van der Waals surface area contributed by atoms with Crippen LogP contribution in [0.25, 0.3) is 0 Å². The Morgan fingerprint density at radius 1 is 1.30 bits per heavy atom. The van der Waals surface area contributed by atoms with Gasteiger partial charge in [0.05, 0.1) is 10.7 Å². The van der Waals surface area contributed by atoms with E-state index in [1.54, 1.807) is 18.2 Å². The van der Waals surface area contributed by atoms with E-state index < -0.39 is 0 Å². The van der Waals surface area contributed by atoms with Gasteiger partial charge in [-0.3, -0.25) is 9.59 Å². The topological polar surface area (TPSA) is 58.6 Å². The van der Waals surface area contributed by atoms with Crippen molar-refractivity contribution in [2.24, 2.45) is 5.92 Å². The number of anilines is 1. The summed E-state index contributed by atoms with van der Waals surface area (Å²) < 4.78 is 5.25. The van der Waals surface area contributed by atoms with Crippen LogP contribution in [-0.2, 0) is 14.3 Å². The maximum atomic E-state index is 12.1. The summed E-state index contributed by atoms with van der Waals surface area (Å²) in [6.07, 6.45) is 1.48.